The fourth-order valence-electron chi connectivity index (χ4n) is 2.31. The quantitative estimate of drug-likeness (QED) is 0.570. The summed E-state index contributed by atoms with van der Waals surface area (Å²) in [5, 5.41) is 4.31. The maximum absolute atomic E-state index is 12.5. The van der Waals surface area contributed by atoms with Crippen LogP contribution in [-0.2, 0) is 0 Å². The molecule has 0 unspecified atom stereocenters. The molecule has 24 heavy (non-hydrogen) atoms. The molecule has 0 atom stereocenters. The second kappa shape index (κ2) is 5.86. The van der Waals surface area contributed by atoms with E-state index in [0.29, 0.717) is 15.3 Å². The number of methoxy groups -OCH3 is 1. The number of pyridine rings is 1. The lowest BCUT2D eigenvalue weighted by Gasteiger charge is -1.98. The van der Waals surface area contributed by atoms with Gasteiger partial charge in [-0.05, 0) is 35.9 Å². The first-order valence-corrected chi connectivity index (χ1v) is 8.02. The molecule has 6 nitrogen and oxygen atoms in total. The van der Waals surface area contributed by atoms with Crippen LogP contribution in [0.5, 0.6) is 5.75 Å². The van der Waals surface area contributed by atoms with E-state index in [9.17, 15) is 4.79 Å². The first-order chi connectivity index (χ1) is 11.7. The minimum absolute atomic E-state index is 0.168. The van der Waals surface area contributed by atoms with Gasteiger partial charge < -0.3 is 4.74 Å². The molecule has 0 saturated carbocycles. The Morgan fingerprint density at radius 3 is 2.54 bits per heavy atom. The molecule has 4 aromatic rings. The van der Waals surface area contributed by atoms with Crippen molar-refractivity contribution < 1.29 is 4.74 Å². The lowest BCUT2D eigenvalue weighted by Crippen LogP contribution is -2.23. The standard InChI is InChI=1S/C17H12N4O2S/c1-23-13-4-2-11(3-5-13)10-14-16(22)21-17(24-14)19-15(20-21)12-6-8-18-9-7-12/h2-10H,1H3/b14-10-. The van der Waals surface area contributed by atoms with E-state index in [1.165, 1.54) is 15.9 Å². The molecule has 7 heteroatoms. The number of thiazole rings is 1. The number of hydrogen-bond donors (Lipinski definition) is 0. The van der Waals surface area contributed by atoms with Crippen LogP contribution in [0.4, 0.5) is 0 Å². The number of aromatic nitrogens is 4. The van der Waals surface area contributed by atoms with Crippen molar-refractivity contribution in [3.05, 3.63) is 69.2 Å². The Bertz CT molecular complexity index is 1100. The summed E-state index contributed by atoms with van der Waals surface area (Å²) in [5.74, 6) is 1.30. The van der Waals surface area contributed by atoms with Gasteiger partial charge in [0.15, 0.2) is 5.82 Å². The van der Waals surface area contributed by atoms with Crippen molar-refractivity contribution in [2.75, 3.05) is 7.11 Å². The molecule has 0 saturated heterocycles. The lowest BCUT2D eigenvalue weighted by atomic mass is 10.2. The molecule has 118 valence electrons. The summed E-state index contributed by atoms with van der Waals surface area (Å²) >= 11 is 1.32. The van der Waals surface area contributed by atoms with E-state index in [4.69, 9.17) is 4.74 Å². The number of nitrogens with zero attached hydrogens (tertiary/aromatic N) is 4. The first kappa shape index (κ1) is 14.5. The molecule has 0 N–H and O–H groups in total. The van der Waals surface area contributed by atoms with Crippen molar-refractivity contribution in [1.82, 2.24) is 19.6 Å². The molecule has 3 heterocycles. The Morgan fingerprint density at radius 2 is 1.88 bits per heavy atom. The van der Waals surface area contributed by atoms with Gasteiger partial charge in [0.2, 0.25) is 4.96 Å². The first-order valence-electron chi connectivity index (χ1n) is 7.20. The highest BCUT2D eigenvalue weighted by molar-refractivity contribution is 7.15. The van der Waals surface area contributed by atoms with Gasteiger partial charge in [0.1, 0.15) is 5.75 Å². The zero-order chi connectivity index (χ0) is 16.5. The smallest absolute Gasteiger partial charge is 0.291 e. The van der Waals surface area contributed by atoms with E-state index >= 15 is 0 Å². The zero-order valence-electron chi connectivity index (χ0n) is 12.7. The van der Waals surface area contributed by atoms with Gasteiger partial charge in [-0.2, -0.15) is 9.50 Å². The van der Waals surface area contributed by atoms with Crippen LogP contribution in [0.3, 0.4) is 0 Å². The van der Waals surface area contributed by atoms with E-state index in [1.807, 2.05) is 42.5 Å². The highest BCUT2D eigenvalue weighted by Crippen LogP contribution is 2.15. The van der Waals surface area contributed by atoms with Crippen molar-refractivity contribution in [1.29, 1.82) is 0 Å². The summed E-state index contributed by atoms with van der Waals surface area (Å²) in [4.78, 5) is 21.5. The SMILES string of the molecule is COc1ccc(/C=c2\sc3nc(-c4ccncc4)nn3c2=O)cc1. The van der Waals surface area contributed by atoms with E-state index in [2.05, 4.69) is 15.1 Å². The Kier molecular flexibility index (Phi) is 3.55. The number of fused-ring (bicyclic) bond motifs is 1. The average Bonchev–Trinajstić information content (AvgIpc) is 3.17. The molecule has 0 bridgehead atoms. The van der Waals surface area contributed by atoms with Crippen molar-refractivity contribution in [2.45, 2.75) is 0 Å². The van der Waals surface area contributed by atoms with Crippen LogP contribution < -0.4 is 14.8 Å². The second-order valence-electron chi connectivity index (χ2n) is 5.05. The topological polar surface area (TPSA) is 69.4 Å². The molecule has 0 radical (unpaired) electrons. The molecule has 0 amide bonds. The van der Waals surface area contributed by atoms with Gasteiger partial charge in [0.25, 0.3) is 5.56 Å². The Balaban J connectivity index is 1.78. The number of rotatable bonds is 3. The highest BCUT2D eigenvalue weighted by Gasteiger charge is 2.11. The van der Waals surface area contributed by atoms with Crippen LogP contribution in [-0.4, -0.2) is 26.7 Å². The minimum Gasteiger partial charge on any atom is -0.497 e. The molecule has 0 fully saturated rings. The summed E-state index contributed by atoms with van der Waals surface area (Å²) in [6.45, 7) is 0. The predicted octanol–water partition coefficient (Wildman–Crippen LogP) is 1.77. The third kappa shape index (κ3) is 2.55. The maximum atomic E-state index is 12.5. The highest BCUT2D eigenvalue weighted by atomic mass is 32.1. The van der Waals surface area contributed by atoms with Gasteiger partial charge in [0, 0.05) is 18.0 Å². The zero-order valence-corrected chi connectivity index (χ0v) is 13.5. The fraction of sp³-hybridized carbons (Fsp3) is 0.0588. The Hall–Kier alpha value is -3.06. The summed E-state index contributed by atoms with van der Waals surface area (Å²) < 4.78 is 7.07. The van der Waals surface area contributed by atoms with Gasteiger partial charge in [-0.25, -0.2) is 0 Å². The monoisotopic (exact) mass is 336 g/mol. The van der Waals surface area contributed by atoms with Crippen LogP contribution >= 0.6 is 11.3 Å². The fourth-order valence-corrected chi connectivity index (χ4v) is 3.22. The van der Waals surface area contributed by atoms with Crippen molar-refractivity contribution >= 4 is 22.4 Å². The number of ether oxygens (including phenoxy) is 1. The summed E-state index contributed by atoms with van der Waals surface area (Å²) in [5.41, 5.74) is 1.59. The van der Waals surface area contributed by atoms with Crippen LogP contribution in [0.15, 0.2) is 53.6 Å². The molecule has 0 aliphatic heterocycles. The van der Waals surface area contributed by atoms with Crippen molar-refractivity contribution in [3.8, 4) is 17.1 Å². The third-order valence-corrected chi connectivity index (χ3v) is 4.49. The Labute approximate surface area is 140 Å². The number of hydrogen-bond acceptors (Lipinski definition) is 6. The molecule has 0 aliphatic carbocycles. The summed E-state index contributed by atoms with van der Waals surface area (Å²) in [7, 11) is 1.62. The molecular formula is C17H12N4O2S. The van der Waals surface area contributed by atoms with Gasteiger partial charge in [-0.15, -0.1) is 5.10 Å². The van der Waals surface area contributed by atoms with Gasteiger partial charge in [-0.1, -0.05) is 23.5 Å². The predicted molar refractivity (Wildman–Crippen MR) is 92.1 cm³/mol. The van der Waals surface area contributed by atoms with Crippen LogP contribution in [0.25, 0.3) is 22.4 Å². The van der Waals surface area contributed by atoms with Gasteiger partial charge >= 0.3 is 0 Å². The van der Waals surface area contributed by atoms with Crippen LogP contribution in [0.1, 0.15) is 5.56 Å². The molecule has 3 aromatic heterocycles. The average molecular weight is 336 g/mol. The van der Waals surface area contributed by atoms with Crippen LogP contribution in [0.2, 0.25) is 0 Å². The Morgan fingerprint density at radius 1 is 1.12 bits per heavy atom. The van der Waals surface area contributed by atoms with Gasteiger partial charge in [-0.3, -0.25) is 9.78 Å². The van der Waals surface area contributed by atoms with E-state index in [0.717, 1.165) is 16.9 Å². The minimum atomic E-state index is -0.168. The summed E-state index contributed by atoms with van der Waals surface area (Å²) in [6, 6.07) is 11.1. The second-order valence-corrected chi connectivity index (χ2v) is 6.06. The molecule has 0 spiro atoms. The molecular weight excluding hydrogens is 324 g/mol. The normalized spacial score (nSPS) is 12.0. The van der Waals surface area contributed by atoms with Crippen molar-refractivity contribution in [3.63, 3.8) is 0 Å². The number of benzene rings is 1. The largest absolute Gasteiger partial charge is 0.497 e. The van der Waals surface area contributed by atoms with E-state index < -0.39 is 0 Å². The van der Waals surface area contributed by atoms with Crippen molar-refractivity contribution in [2.24, 2.45) is 0 Å². The van der Waals surface area contributed by atoms with Gasteiger partial charge in [0.05, 0.1) is 11.6 Å². The molecule has 0 aliphatic rings. The molecule has 1 aromatic carbocycles. The molecule has 4 rings (SSSR count). The maximum Gasteiger partial charge on any atom is 0.291 e. The lowest BCUT2D eigenvalue weighted by molar-refractivity contribution is 0.415. The summed E-state index contributed by atoms with van der Waals surface area (Å²) in [6.07, 6.45) is 5.17. The van der Waals surface area contributed by atoms with E-state index in [1.54, 1.807) is 19.5 Å². The van der Waals surface area contributed by atoms with Crippen LogP contribution in [0, 0.1) is 0 Å². The van der Waals surface area contributed by atoms with E-state index in [-0.39, 0.29) is 5.56 Å². The third-order valence-electron chi connectivity index (χ3n) is 3.53.